The molecule has 0 unspecified atom stereocenters. The number of halogens is 1. The molecule has 0 saturated carbocycles. The Morgan fingerprint density at radius 3 is 1.52 bits per heavy atom. The molecular formula is C54H41FN2Si. The minimum atomic E-state index is -2.30. The Kier molecular flexibility index (Phi) is 8.84. The van der Waals surface area contributed by atoms with Gasteiger partial charge in [-0.05, 0) is 110 Å². The maximum atomic E-state index is 17.4. The fraction of sp³-hybridized carbons (Fsp3) is 0.0370. The minimum Gasteiger partial charge on any atom is -0.311 e. The zero-order chi connectivity index (χ0) is 39.2. The number of hydrogen-bond donors (Lipinski definition) is 0. The average molecular weight is 765 g/mol. The Hall–Kier alpha value is -7.01. The van der Waals surface area contributed by atoms with Crippen molar-refractivity contribution in [2.45, 2.75) is 13.1 Å². The fourth-order valence-corrected chi connectivity index (χ4v) is 12.0. The van der Waals surface area contributed by atoms with Crippen molar-refractivity contribution in [3.63, 3.8) is 0 Å². The molecule has 0 spiro atoms. The van der Waals surface area contributed by atoms with E-state index in [0.29, 0.717) is 5.69 Å². The van der Waals surface area contributed by atoms with Gasteiger partial charge in [0.2, 0.25) is 0 Å². The Bertz CT molecular complexity index is 2880. The summed E-state index contributed by atoms with van der Waals surface area (Å²) < 4.78 is 17.4. The van der Waals surface area contributed by atoms with Crippen molar-refractivity contribution in [3.8, 4) is 33.4 Å². The molecule has 278 valence electrons. The largest absolute Gasteiger partial charge is 0.311 e. The monoisotopic (exact) mass is 764 g/mol. The van der Waals surface area contributed by atoms with Crippen LogP contribution in [0.25, 0.3) is 44.2 Å². The quantitative estimate of drug-likeness (QED) is 0.142. The van der Waals surface area contributed by atoms with Crippen LogP contribution >= 0.6 is 0 Å². The number of fused-ring (bicyclic) bond motifs is 2. The van der Waals surface area contributed by atoms with Gasteiger partial charge in [0.05, 0.1) is 11.4 Å². The number of hydrogen-bond acceptors (Lipinski definition) is 2. The van der Waals surface area contributed by atoms with Gasteiger partial charge in [-0.3, -0.25) is 0 Å². The predicted molar refractivity (Wildman–Crippen MR) is 246 cm³/mol. The number of nitrogens with zero attached hydrogens (tertiary/aromatic N) is 2. The Labute approximate surface area is 340 Å². The standard InChI is InChI=1S/C54H41FN2Si/c1-58(2)51-30-18-29-47-50(34-33-46(53(47)51)45-32-31-44(37-52(45)58)56(41-23-12-5-13-24-41)42-25-14-6-15-26-42)57(43-27-16-7-17-28-43)54-48(39-21-10-4-11-22-39)35-40(36-49(54)55)38-19-8-3-9-20-38/h3-37H,1-2H3. The average Bonchev–Trinajstić information content (AvgIpc) is 3.28. The highest BCUT2D eigenvalue weighted by Crippen LogP contribution is 2.48. The molecule has 1 aliphatic rings. The first kappa shape index (κ1) is 35.4. The first-order chi connectivity index (χ1) is 28.5. The van der Waals surface area contributed by atoms with E-state index in [9.17, 15) is 0 Å². The number of benzene rings is 9. The van der Waals surface area contributed by atoms with Crippen LogP contribution in [0.3, 0.4) is 0 Å². The van der Waals surface area contributed by atoms with Gasteiger partial charge in [0, 0.05) is 33.7 Å². The molecule has 4 heteroatoms. The molecule has 0 aromatic heterocycles. The molecule has 0 aliphatic carbocycles. The van der Waals surface area contributed by atoms with Crippen molar-refractivity contribution in [2.24, 2.45) is 0 Å². The van der Waals surface area contributed by atoms with E-state index >= 15 is 4.39 Å². The molecule has 0 atom stereocenters. The van der Waals surface area contributed by atoms with Gasteiger partial charge in [-0.1, -0.05) is 159 Å². The SMILES string of the molecule is C[Si]1(C)c2cc(N(c3ccccc3)c3ccccc3)ccc2-c2ccc(N(c3ccccc3)c3c(F)cc(-c4ccccc4)cc3-c3ccccc3)c3cccc1c23. The molecular weight excluding hydrogens is 724 g/mol. The van der Waals surface area contributed by atoms with E-state index in [0.717, 1.165) is 56.1 Å². The molecule has 0 bridgehead atoms. The molecule has 0 radical (unpaired) electrons. The lowest BCUT2D eigenvalue weighted by atomic mass is 9.93. The maximum absolute atomic E-state index is 17.4. The normalized spacial score (nSPS) is 12.5. The van der Waals surface area contributed by atoms with Crippen molar-refractivity contribution in [1.29, 1.82) is 0 Å². The zero-order valence-electron chi connectivity index (χ0n) is 32.5. The summed E-state index contributed by atoms with van der Waals surface area (Å²) in [6, 6.07) is 73.8. The van der Waals surface area contributed by atoms with Gasteiger partial charge in [-0.15, -0.1) is 0 Å². The van der Waals surface area contributed by atoms with Gasteiger partial charge in [0.15, 0.2) is 0 Å². The van der Waals surface area contributed by atoms with Crippen molar-refractivity contribution >= 4 is 63.3 Å². The molecule has 9 aromatic carbocycles. The minimum absolute atomic E-state index is 0.279. The topological polar surface area (TPSA) is 6.48 Å². The third-order valence-electron chi connectivity index (χ3n) is 11.7. The molecule has 0 fully saturated rings. The van der Waals surface area contributed by atoms with E-state index in [1.165, 1.54) is 26.9 Å². The van der Waals surface area contributed by atoms with E-state index in [-0.39, 0.29) is 5.82 Å². The highest BCUT2D eigenvalue weighted by atomic mass is 28.3. The summed E-state index contributed by atoms with van der Waals surface area (Å²) >= 11 is 0. The Balaban J connectivity index is 1.19. The van der Waals surface area contributed by atoms with Gasteiger partial charge in [0.25, 0.3) is 0 Å². The lowest BCUT2D eigenvalue weighted by Gasteiger charge is -2.37. The predicted octanol–water partition coefficient (Wildman–Crippen LogP) is 14.1. The van der Waals surface area contributed by atoms with Crippen molar-refractivity contribution in [1.82, 2.24) is 0 Å². The summed E-state index contributed by atoms with van der Waals surface area (Å²) in [6.07, 6.45) is 0. The van der Waals surface area contributed by atoms with Gasteiger partial charge >= 0.3 is 0 Å². The number of para-hydroxylation sites is 3. The molecule has 58 heavy (non-hydrogen) atoms. The van der Waals surface area contributed by atoms with Crippen LogP contribution in [0.4, 0.5) is 38.5 Å². The van der Waals surface area contributed by atoms with E-state index in [1.54, 1.807) is 6.07 Å². The van der Waals surface area contributed by atoms with Crippen LogP contribution in [0.5, 0.6) is 0 Å². The van der Waals surface area contributed by atoms with Crippen LogP contribution in [0.2, 0.25) is 13.1 Å². The molecule has 0 saturated heterocycles. The van der Waals surface area contributed by atoms with Gasteiger partial charge in [-0.2, -0.15) is 0 Å². The van der Waals surface area contributed by atoms with E-state index in [4.69, 9.17) is 0 Å². The Morgan fingerprint density at radius 2 is 0.914 bits per heavy atom. The summed E-state index contributed by atoms with van der Waals surface area (Å²) in [5.74, 6) is -0.279. The summed E-state index contributed by atoms with van der Waals surface area (Å²) in [7, 11) is -2.30. The van der Waals surface area contributed by atoms with Crippen LogP contribution in [0, 0.1) is 5.82 Å². The first-order valence-corrected chi connectivity index (χ1v) is 22.9. The third kappa shape index (κ3) is 6.01. The number of anilines is 6. The summed E-state index contributed by atoms with van der Waals surface area (Å²) in [6.45, 7) is 4.94. The molecule has 0 N–H and O–H groups in total. The smallest absolute Gasteiger partial charge is 0.148 e. The summed E-state index contributed by atoms with van der Waals surface area (Å²) in [4.78, 5) is 4.49. The van der Waals surface area contributed by atoms with Crippen molar-refractivity contribution in [3.05, 3.63) is 218 Å². The highest BCUT2D eigenvalue weighted by Gasteiger charge is 2.37. The maximum Gasteiger partial charge on any atom is 0.148 e. The molecule has 1 heterocycles. The molecule has 1 aliphatic heterocycles. The molecule has 10 rings (SSSR count). The second-order valence-electron chi connectivity index (χ2n) is 15.5. The van der Waals surface area contributed by atoms with Crippen LogP contribution in [-0.4, -0.2) is 8.07 Å². The first-order valence-electron chi connectivity index (χ1n) is 19.9. The summed E-state index contributed by atoms with van der Waals surface area (Å²) in [5.41, 5.74) is 11.8. The zero-order valence-corrected chi connectivity index (χ0v) is 33.5. The van der Waals surface area contributed by atoms with Crippen molar-refractivity contribution in [2.75, 3.05) is 9.80 Å². The van der Waals surface area contributed by atoms with Gasteiger partial charge in [0.1, 0.15) is 13.9 Å². The second kappa shape index (κ2) is 14.5. The van der Waals surface area contributed by atoms with Crippen LogP contribution in [0.15, 0.2) is 212 Å². The van der Waals surface area contributed by atoms with Gasteiger partial charge in [-0.25, -0.2) is 4.39 Å². The fourth-order valence-electron chi connectivity index (χ4n) is 8.93. The van der Waals surface area contributed by atoms with E-state index in [1.807, 2.05) is 66.7 Å². The van der Waals surface area contributed by atoms with Crippen LogP contribution in [0.1, 0.15) is 0 Å². The lowest BCUT2D eigenvalue weighted by Crippen LogP contribution is -2.56. The third-order valence-corrected chi connectivity index (χ3v) is 15.2. The van der Waals surface area contributed by atoms with E-state index < -0.39 is 8.07 Å². The van der Waals surface area contributed by atoms with Crippen LogP contribution in [-0.2, 0) is 0 Å². The summed E-state index contributed by atoms with van der Waals surface area (Å²) in [5, 5.41) is 5.15. The molecule has 9 aromatic rings. The van der Waals surface area contributed by atoms with E-state index in [2.05, 4.69) is 162 Å². The van der Waals surface area contributed by atoms with Gasteiger partial charge < -0.3 is 9.80 Å². The molecule has 0 amide bonds. The van der Waals surface area contributed by atoms with Crippen molar-refractivity contribution < 1.29 is 4.39 Å². The number of rotatable bonds is 8. The highest BCUT2D eigenvalue weighted by molar-refractivity contribution is 7.03. The Morgan fingerprint density at radius 1 is 0.379 bits per heavy atom. The second-order valence-corrected chi connectivity index (χ2v) is 19.8. The van der Waals surface area contributed by atoms with Crippen LogP contribution < -0.4 is 20.2 Å². The molecule has 2 nitrogen and oxygen atoms in total. The lowest BCUT2D eigenvalue weighted by molar-refractivity contribution is 0.630.